The number of H-pyrrole nitrogens is 1. The summed E-state index contributed by atoms with van der Waals surface area (Å²) in [5.74, 6) is -0.399. The molecule has 0 amide bonds. The minimum absolute atomic E-state index is 0.0620. The molecular weight excluding hydrogens is 395 g/mol. The number of carbonyl (C=O) groups is 1. The Balaban J connectivity index is 1.75. The zero-order valence-corrected chi connectivity index (χ0v) is 15.9. The molecule has 0 aliphatic rings. The molecule has 6 nitrogen and oxygen atoms in total. The van der Waals surface area contributed by atoms with Gasteiger partial charge in [-0.3, -0.25) is 4.79 Å². The summed E-state index contributed by atoms with van der Waals surface area (Å²) in [6, 6.07) is 16.3. The van der Waals surface area contributed by atoms with E-state index in [1.807, 2.05) is 0 Å². The lowest BCUT2D eigenvalue weighted by Gasteiger charge is -2.13. The molecule has 144 valence electrons. The van der Waals surface area contributed by atoms with Gasteiger partial charge in [0.1, 0.15) is 11.6 Å². The van der Waals surface area contributed by atoms with E-state index in [1.165, 1.54) is 13.2 Å². The first-order chi connectivity index (χ1) is 14.1. The van der Waals surface area contributed by atoms with Crippen molar-refractivity contribution in [2.24, 2.45) is 0 Å². The lowest BCUT2D eigenvalue weighted by atomic mass is 9.96. The Labute approximate surface area is 170 Å². The third-order valence-corrected chi connectivity index (χ3v) is 4.67. The number of benzene rings is 3. The van der Waals surface area contributed by atoms with Gasteiger partial charge in [0.05, 0.1) is 18.2 Å². The summed E-state index contributed by atoms with van der Waals surface area (Å²) in [4.78, 5) is 13.0. The molecular formula is C21H14ClFN4O2. The summed E-state index contributed by atoms with van der Waals surface area (Å²) in [6.45, 7) is 0. The Morgan fingerprint density at radius 1 is 1.07 bits per heavy atom. The van der Waals surface area contributed by atoms with Gasteiger partial charge in [-0.2, -0.15) is 5.21 Å². The van der Waals surface area contributed by atoms with Gasteiger partial charge in [0.15, 0.2) is 5.78 Å². The molecule has 1 heterocycles. The largest absolute Gasteiger partial charge is 0.496 e. The molecule has 3 aromatic carbocycles. The van der Waals surface area contributed by atoms with Crippen LogP contribution in [-0.4, -0.2) is 33.5 Å². The molecule has 0 atom stereocenters. The molecule has 0 aliphatic heterocycles. The van der Waals surface area contributed by atoms with Crippen LogP contribution in [0.15, 0.2) is 60.7 Å². The number of ether oxygens (including phenoxy) is 1. The van der Waals surface area contributed by atoms with Gasteiger partial charge in [0.2, 0.25) is 5.82 Å². The van der Waals surface area contributed by atoms with Crippen LogP contribution in [0, 0.1) is 5.82 Å². The monoisotopic (exact) mass is 408 g/mol. The Morgan fingerprint density at radius 2 is 1.86 bits per heavy atom. The van der Waals surface area contributed by atoms with Crippen molar-refractivity contribution in [1.82, 2.24) is 20.6 Å². The number of nitrogens with zero attached hydrogens (tertiary/aromatic N) is 3. The van der Waals surface area contributed by atoms with E-state index in [4.69, 9.17) is 16.3 Å². The van der Waals surface area contributed by atoms with Crippen LogP contribution in [0.3, 0.4) is 0 Å². The maximum Gasteiger partial charge on any atom is 0.204 e. The molecule has 4 aromatic rings. The van der Waals surface area contributed by atoms with E-state index in [0.717, 1.165) is 0 Å². The van der Waals surface area contributed by atoms with Crippen LogP contribution in [0.2, 0.25) is 5.02 Å². The van der Waals surface area contributed by atoms with E-state index in [9.17, 15) is 4.79 Å². The molecule has 8 heteroatoms. The topological polar surface area (TPSA) is 80.8 Å². The van der Waals surface area contributed by atoms with Gasteiger partial charge < -0.3 is 4.74 Å². The molecule has 1 aromatic heterocycles. The van der Waals surface area contributed by atoms with Gasteiger partial charge in [-0.25, -0.2) is 4.39 Å². The predicted molar refractivity (Wildman–Crippen MR) is 106 cm³/mol. The molecule has 0 bridgehead atoms. The number of ketones is 1. The Morgan fingerprint density at radius 3 is 2.52 bits per heavy atom. The van der Waals surface area contributed by atoms with Gasteiger partial charge in [0.25, 0.3) is 0 Å². The quantitative estimate of drug-likeness (QED) is 0.489. The Hall–Kier alpha value is -3.58. The fourth-order valence-electron chi connectivity index (χ4n) is 3.03. The molecule has 0 fully saturated rings. The van der Waals surface area contributed by atoms with Gasteiger partial charge >= 0.3 is 0 Å². The average molecular weight is 409 g/mol. The fraction of sp³-hybridized carbons (Fsp3) is 0.0476. The highest BCUT2D eigenvalue weighted by Gasteiger charge is 2.21. The Bertz CT molecular complexity index is 1180. The van der Waals surface area contributed by atoms with Crippen molar-refractivity contribution < 1.29 is 13.9 Å². The summed E-state index contributed by atoms with van der Waals surface area (Å²) in [7, 11) is 1.45. The number of hydrogen-bond acceptors (Lipinski definition) is 5. The van der Waals surface area contributed by atoms with Crippen LogP contribution in [-0.2, 0) is 0 Å². The van der Waals surface area contributed by atoms with Crippen molar-refractivity contribution in [1.29, 1.82) is 0 Å². The van der Waals surface area contributed by atoms with Crippen LogP contribution in [0.1, 0.15) is 15.9 Å². The first kappa shape index (κ1) is 18.8. The number of halogens is 2. The number of rotatable bonds is 5. The van der Waals surface area contributed by atoms with E-state index in [0.29, 0.717) is 33.3 Å². The van der Waals surface area contributed by atoms with Crippen molar-refractivity contribution >= 4 is 17.4 Å². The molecule has 0 unspecified atom stereocenters. The van der Waals surface area contributed by atoms with E-state index in [2.05, 4.69) is 20.6 Å². The highest BCUT2D eigenvalue weighted by Crippen LogP contribution is 2.36. The zero-order chi connectivity index (χ0) is 20.4. The van der Waals surface area contributed by atoms with E-state index in [-0.39, 0.29) is 11.1 Å². The lowest BCUT2D eigenvalue weighted by Crippen LogP contribution is -2.06. The third-order valence-electron chi connectivity index (χ3n) is 4.43. The Kier molecular flexibility index (Phi) is 5.05. The average Bonchev–Trinajstić information content (AvgIpc) is 3.28. The van der Waals surface area contributed by atoms with Crippen LogP contribution < -0.4 is 4.74 Å². The molecule has 0 saturated heterocycles. The van der Waals surface area contributed by atoms with Crippen molar-refractivity contribution in [3.63, 3.8) is 0 Å². The molecule has 0 radical (unpaired) electrons. The maximum absolute atomic E-state index is 15.4. The van der Waals surface area contributed by atoms with Crippen LogP contribution in [0.5, 0.6) is 5.75 Å². The molecule has 29 heavy (non-hydrogen) atoms. The summed E-state index contributed by atoms with van der Waals surface area (Å²) in [6.07, 6.45) is 0. The number of tetrazole rings is 1. The smallest absolute Gasteiger partial charge is 0.204 e. The van der Waals surface area contributed by atoms with Gasteiger partial charge in [-0.05, 0) is 35.0 Å². The number of nitrogens with one attached hydrogen (secondary N) is 1. The molecule has 4 rings (SSSR count). The summed E-state index contributed by atoms with van der Waals surface area (Å²) < 4.78 is 20.7. The second-order valence-electron chi connectivity index (χ2n) is 6.16. The van der Waals surface area contributed by atoms with Crippen molar-refractivity contribution in [3.05, 3.63) is 82.6 Å². The van der Waals surface area contributed by atoms with E-state index < -0.39 is 11.6 Å². The van der Waals surface area contributed by atoms with Crippen molar-refractivity contribution in [2.45, 2.75) is 0 Å². The number of carbonyl (C=O) groups excluding carboxylic acids is 1. The molecule has 0 spiro atoms. The predicted octanol–water partition coefficient (Wildman–Crippen LogP) is 4.57. The number of aromatic amines is 1. The van der Waals surface area contributed by atoms with E-state index >= 15 is 4.39 Å². The highest BCUT2D eigenvalue weighted by molar-refractivity contribution is 6.30. The highest BCUT2D eigenvalue weighted by atomic mass is 35.5. The number of hydrogen-bond donors (Lipinski definition) is 1. The zero-order valence-electron chi connectivity index (χ0n) is 15.2. The fourth-order valence-corrected chi connectivity index (χ4v) is 3.22. The first-order valence-electron chi connectivity index (χ1n) is 8.59. The minimum Gasteiger partial charge on any atom is -0.496 e. The second kappa shape index (κ2) is 7.81. The SMILES string of the molecule is COc1ccc(C(=O)c2ccc(-c3nn[nH]n3)cc2)c(F)c1-c1cccc(Cl)c1. The van der Waals surface area contributed by atoms with Gasteiger partial charge in [-0.15, -0.1) is 10.2 Å². The first-order valence-corrected chi connectivity index (χ1v) is 8.97. The third kappa shape index (κ3) is 3.60. The maximum atomic E-state index is 15.4. The standard InChI is InChI=1S/C21H14ClFN4O2/c1-29-17-10-9-16(19(23)18(17)14-3-2-4-15(22)11-14)20(28)12-5-7-13(8-6-12)21-24-26-27-25-21/h2-11H,1H3,(H,24,25,26,27). The minimum atomic E-state index is -0.668. The van der Waals surface area contributed by atoms with Gasteiger partial charge in [-0.1, -0.05) is 48.0 Å². The molecule has 1 N–H and O–H groups in total. The lowest BCUT2D eigenvalue weighted by molar-refractivity contribution is 0.103. The van der Waals surface area contributed by atoms with E-state index in [1.54, 1.807) is 54.6 Å². The number of methoxy groups -OCH3 is 1. The normalized spacial score (nSPS) is 10.7. The molecule has 0 aliphatic carbocycles. The molecule has 0 saturated carbocycles. The van der Waals surface area contributed by atoms with Crippen molar-refractivity contribution in [2.75, 3.05) is 7.11 Å². The van der Waals surface area contributed by atoms with Crippen LogP contribution in [0.4, 0.5) is 4.39 Å². The van der Waals surface area contributed by atoms with Crippen LogP contribution in [0.25, 0.3) is 22.5 Å². The number of aromatic nitrogens is 4. The summed E-state index contributed by atoms with van der Waals surface area (Å²) >= 11 is 6.05. The second-order valence-corrected chi connectivity index (χ2v) is 6.59. The van der Waals surface area contributed by atoms with Gasteiger partial charge in [0, 0.05) is 16.1 Å². The van der Waals surface area contributed by atoms with Crippen molar-refractivity contribution in [3.8, 4) is 28.3 Å². The summed E-state index contributed by atoms with van der Waals surface area (Å²) in [5, 5.41) is 14.1. The van der Waals surface area contributed by atoms with Crippen LogP contribution >= 0.6 is 11.6 Å². The summed E-state index contributed by atoms with van der Waals surface area (Å²) in [5.41, 5.74) is 1.66.